The van der Waals surface area contributed by atoms with Crippen LogP contribution in [-0.2, 0) is 21.8 Å². The number of hydrogen-bond acceptors (Lipinski definition) is 6. The molecular formula is C27H62ClNO6Si2. The molecule has 37 heavy (non-hydrogen) atoms. The van der Waals surface area contributed by atoms with E-state index in [1.54, 1.807) is 14.2 Å². The van der Waals surface area contributed by atoms with Gasteiger partial charge in [0.2, 0.25) is 0 Å². The molecule has 0 aromatic carbocycles. The third kappa shape index (κ3) is 20.9. The van der Waals surface area contributed by atoms with Crippen LogP contribution in [0.25, 0.3) is 0 Å². The first-order valence-corrected chi connectivity index (χ1v) is 18.3. The van der Waals surface area contributed by atoms with Crippen molar-refractivity contribution >= 4 is 17.9 Å². The summed E-state index contributed by atoms with van der Waals surface area (Å²) in [4.78, 5) is 10.3. The van der Waals surface area contributed by atoms with Crippen molar-refractivity contribution < 1.29 is 43.5 Å². The number of unbranched alkanes of at least 4 members (excludes halogenated alkanes) is 15. The van der Waals surface area contributed by atoms with E-state index in [2.05, 4.69) is 21.0 Å². The Bertz CT molecular complexity index is 498. The van der Waals surface area contributed by atoms with E-state index in [0.717, 1.165) is 17.4 Å². The number of hydrogen-bond donors (Lipinski definition) is 1. The Kier molecular flexibility index (Phi) is 26.0. The summed E-state index contributed by atoms with van der Waals surface area (Å²) in [6.45, 7) is 4.46. The summed E-state index contributed by atoms with van der Waals surface area (Å²) in [6, 6.07) is 0.614. The average Bonchev–Trinajstić information content (AvgIpc) is 2.87. The summed E-state index contributed by atoms with van der Waals surface area (Å²) in [5.41, 5.74) is 0. The molecule has 0 bridgehead atoms. The van der Waals surface area contributed by atoms with E-state index in [4.69, 9.17) is 21.8 Å². The topological polar surface area (TPSA) is 66.4 Å². The third-order valence-electron chi connectivity index (χ3n) is 7.29. The summed E-state index contributed by atoms with van der Waals surface area (Å²) in [7, 11) is 3.67. The van der Waals surface area contributed by atoms with Crippen molar-refractivity contribution in [1.82, 2.24) is 0 Å². The van der Waals surface area contributed by atoms with Crippen LogP contribution in [0.5, 0.6) is 0 Å². The zero-order chi connectivity index (χ0) is 27.2. The Morgan fingerprint density at radius 2 is 0.892 bits per heavy atom. The molecule has 0 unspecified atom stereocenters. The molecule has 0 aliphatic heterocycles. The smallest absolute Gasteiger partial charge is 0.668 e. The van der Waals surface area contributed by atoms with Crippen molar-refractivity contribution in [3.8, 4) is 0 Å². The lowest BCUT2D eigenvalue weighted by atomic mass is 10.0. The summed E-state index contributed by atoms with van der Waals surface area (Å²) in [6.07, 6.45) is 23.3. The zero-order valence-electron chi connectivity index (χ0n) is 25.5. The summed E-state index contributed by atoms with van der Waals surface area (Å²) < 4.78 is 28.0. The lowest BCUT2D eigenvalue weighted by Crippen LogP contribution is -3.00. The van der Waals surface area contributed by atoms with Crippen LogP contribution in [0, 0.1) is 0 Å². The van der Waals surface area contributed by atoms with Gasteiger partial charge in [0.1, 0.15) is 0 Å². The second kappa shape index (κ2) is 24.3. The van der Waals surface area contributed by atoms with E-state index < -0.39 is 17.9 Å². The molecule has 7 nitrogen and oxygen atoms in total. The van der Waals surface area contributed by atoms with Crippen LogP contribution in [0.3, 0.4) is 0 Å². The second-order valence-corrected chi connectivity index (χ2v) is 16.3. The Morgan fingerprint density at radius 1 is 0.541 bits per heavy atom. The van der Waals surface area contributed by atoms with E-state index in [1.807, 2.05) is 0 Å². The van der Waals surface area contributed by atoms with E-state index in [9.17, 15) is 4.80 Å². The highest BCUT2D eigenvalue weighted by atomic mass is 35.5. The van der Waals surface area contributed by atoms with Crippen LogP contribution < -0.4 is 12.4 Å². The van der Waals surface area contributed by atoms with E-state index in [1.165, 1.54) is 123 Å². The average molecular weight is 588 g/mol. The summed E-state index contributed by atoms with van der Waals surface area (Å²) in [5, 5.41) is 0. The fraction of sp³-hybridized carbons (Fsp3) is 1.00. The van der Waals surface area contributed by atoms with Crippen molar-refractivity contribution in [2.75, 3.05) is 55.6 Å². The van der Waals surface area contributed by atoms with Crippen LogP contribution in [0.15, 0.2) is 0 Å². The van der Waals surface area contributed by atoms with Crippen LogP contribution in [0.4, 0.5) is 0 Å². The summed E-state index contributed by atoms with van der Waals surface area (Å²) in [5.74, 6) is 0. The predicted octanol–water partition coefficient (Wildman–Crippen LogP) is 3.69. The van der Waals surface area contributed by atoms with Gasteiger partial charge in [0.25, 0.3) is 0 Å². The van der Waals surface area contributed by atoms with Gasteiger partial charge in [-0.15, -0.1) is 0 Å². The lowest BCUT2D eigenvalue weighted by Gasteiger charge is -2.34. The van der Waals surface area contributed by atoms with Crippen LogP contribution in [0.2, 0.25) is 6.04 Å². The molecule has 0 aromatic rings. The van der Waals surface area contributed by atoms with Gasteiger partial charge in [-0.2, -0.15) is 0 Å². The van der Waals surface area contributed by atoms with Crippen LogP contribution >= 0.6 is 0 Å². The fourth-order valence-electron chi connectivity index (χ4n) is 4.71. The molecule has 0 amide bonds. The maximum Gasteiger partial charge on any atom is 0.668 e. The predicted molar refractivity (Wildman–Crippen MR) is 154 cm³/mol. The second-order valence-electron chi connectivity index (χ2n) is 10.9. The van der Waals surface area contributed by atoms with Crippen molar-refractivity contribution in [3.63, 3.8) is 0 Å². The van der Waals surface area contributed by atoms with E-state index >= 15 is 0 Å². The summed E-state index contributed by atoms with van der Waals surface area (Å²) >= 11 is 0. The number of quaternary nitrogens is 1. The number of nitrogens with zero attached hydrogens (tertiary/aromatic N) is 1. The van der Waals surface area contributed by atoms with Gasteiger partial charge in [-0.05, 0) is 12.8 Å². The molecule has 0 radical (unpaired) electrons. The Hall–Kier alpha value is 0.444. The molecule has 1 N–H and O–H groups in total. The SMILES string of the molecule is CCCCCCCCCCCCCCCCCC[N+](C)(C)CCC[Si](OC)(OC)O[Si](O)(OC)OC.[Cl-]. The normalized spacial score (nSPS) is 12.6. The molecular weight excluding hydrogens is 526 g/mol. The molecule has 0 atom stereocenters. The maximum atomic E-state index is 10.3. The molecule has 226 valence electrons. The van der Waals surface area contributed by atoms with Crippen LogP contribution in [0.1, 0.15) is 116 Å². The van der Waals surface area contributed by atoms with Crippen molar-refractivity contribution in [3.05, 3.63) is 0 Å². The quantitative estimate of drug-likeness (QED) is 0.0898. The van der Waals surface area contributed by atoms with Gasteiger partial charge in [-0.3, -0.25) is 0 Å². The lowest BCUT2D eigenvalue weighted by molar-refractivity contribution is -0.890. The minimum atomic E-state index is -3.72. The molecule has 0 saturated heterocycles. The van der Waals surface area contributed by atoms with Gasteiger partial charge in [-0.25, -0.2) is 0 Å². The molecule has 0 fully saturated rings. The van der Waals surface area contributed by atoms with Gasteiger partial charge in [0, 0.05) is 40.9 Å². The standard InChI is InChI=1S/C27H62NO6Si2.ClH/c1-8-9-10-11-12-13-14-15-16-17-18-19-20-21-22-23-25-28(2,3)26-24-27-35(30-4,31-5)34-36(29,32-6)33-7;/h29H,8-27H2,1-7H3;1H/q+1;/p-1. The monoisotopic (exact) mass is 587 g/mol. The van der Waals surface area contributed by atoms with Gasteiger partial charge in [0.15, 0.2) is 0 Å². The highest BCUT2D eigenvalue weighted by Gasteiger charge is 2.52. The molecule has 0 rings (SSSR count). The van der Waals surface area contributed by atoms with Gasteiger partial charge in [-0.1, -0.05) is 96.8 Å². The molecule has 0 aliphatic rings. The minimum absolute atomic E-state index is 0. The molecule has 0 aromatic heterocycles. The fourth-order valence-corrected chi connectivity index (χ4v) is 9.35. The molecule has 0 heterocycles. The van der Waals surface area contributed by atoms with Crippen molar-refractivity contribution in [2.45, 2.75) is 122 Å². The van der Waals surface area contributed by atoms with E-state index in [-0.39, 0.29) is 12.4 Å². The van der Waals surface area contributed by atoms with Gasteiger partial charge >= 0.3 is 17.9 Å². The highest BCUT2D eigenvalue weighted by molar-refractivity contribution is 6.71. The Balaban J connectivity index is 0. The first-order chi connectivity index (χ1) is 17.2. The van der Waals surface area contributed by atoms with Gasteiger partial charge < -0.3 is 43.5 Å². The molecule has 0 spiro atoms. The highest BCUT2D eigenvalue weighted by Crippen LogP contribution is 2.22. The van der Waals surface area contributed by atoms with Crippen molar-refractivity contribution in [2.24, 2.45) is 0 Å². The first-order valence-electron chi connectivity index (χ1n) is 14.7. The number of halogens is 1. The third-order valence-corrected chi connectivity index (χ3v) is 12.8. The largest absolute Gasteiger partial charge is 1.00 e. The molecule has 10 heteroatoms. The molecule has 0 aliphatic carbocycles. The first kappa shape index (κ1) is 39.6. The maximum absolute atomic E-state index is 10.3. The minimum Gasteiger partial charge on any atom is -1.00 e. The Morgan fingerprint density at radius 3 is 1.24 bits per heavy atom. The van der Waals surface area contributed by atoms with E-state index in [0.29, 0.717) is 6.04 Å². The molecule has 0 saturated carbocycles. The van der Waals surface area contributed by atoms with Crippen molar-refractivity contribution in [1.29, 1.82) is 0 Å². The number of rotatable bonds is 27. The zero-order valence-corrected chi connectivity index (χ0v) is 28.2. The van der Waals surface area contributed by atoms with Crippen LogP contribution in [-0.4, -0.2) is 82.8 Å². The van der Waals surface area contributed by atoms with Gasteiger partial charge in [0.05, 0.1) is 27.2 Å². The Labute approximate surface area is 238 Å².